The third-order valence-corrected chi connectivity index (χ3v) is 1.64. The van der Waals surface area contributed by atoms with Gasteiger partial charge in [0, 0.05) is 6.42 Å². The maximum absolute atomic E-state index is 9.18. The van der Waals surface area contributed by atoms with E-state index >= 15 is 0 Å². The lowest BCUT2D eigenvalue weighted by atomic mass is 10.1. The van der Waals surface area contributed by atoms with Gasteiger partial charge in [0.25, 0.3) is 0 Å². The third kappa shape index (κ3) is 1.56. The minimum Gasteiger partial charge on any atom is -0.390 e. The van der Waals surface area contributed by atoms with E-state index in [-0.39, 0.29) is 0 Å². The summed E-state index contributed by atoms with van der Waals surface area (Å²) in [6.07, 6.45) is 0.965. The fraction of sp³-hybridized carbons (Fsp3) is 0.714. The molecule has 58 valence electrons. The standard InChI is InChI=1S/C7H12O3/c1-2-6-5(8)3-4-7(9)10-6/h2,5-9H,1,3-4H2/t5-,6+,7?/m1/s1. The molecule has 0 aliphatic carbocycles. The van der Waals surface area contributed by atoms with Gasteiger partial charge in [-0.05, 0) is 6.42 Å². The summed E-state index contributed by atoms with van der Waals surface area (Å²) in [5.74, 6) is 0. The molecule has 0 aromatic rings. The molecule has 1 aliphatic rings. The molecule has 1 saturated heterocycles. The summed E-state index contributed by atoms with van der Waals surface area (Å²) in [5.41, 5.74) is 0. The monoisotopic (exact) mass is 144 g/mol. The first kappa shape index (κ1) is 7.72. The molecule has 1 rings (SSSR count). The van der Waals surface area contributed by atoms with Crippen molar-refractivity contribution in [3.8, 4) is 0 Å². The highest BCUT2D eigenvalue weighted by molar-refractivity contribution is 4.88. The van der Waals surface area contributed by atoms with Crippen LogP contribution in [-0.4, -0.2) is 28.7 Å². The molecular formula is C7H12O3. The lowest BCUT2D eigenvalue weighted by molar-refractivity contribution is -0.183. The Labute approximate surface area is 59.9 Å². The van der Waals surface area contributed by atoms with Gasteiger partial charge in [0.1, 0.15) is 6.10 Å². The molecule has 0 saturated carbocycles. The van der Waals surface area contributed by atoms with Gasteiger partial charge in [-0.3, -0.25) is 0 Å². The lowest BCUT2D eigenvalue weighted by Gasteiger charge is -2.28. The topological polar surface area (TPSA) is 49.7 Å². The van der Waals surface area contributed by atoms with Crippen molar-refractivity contribution in [2.24, 2.45) is 0 Å². The van der Waals surface area contributed by atoms with Crippen LogP contribution in [0.2, 0.25) is 0 Å². The van der Waals surface area contributed by atoms with Crippen molar-refractivity contribution in [1.29, 1.82) is 0 Å². The summed E-state index contributed by atoms with van der Waals surface area (Å²) in [4.78, 5) is 0. The van der Waals surface area contributed by atoms with Gasteiger partial charge in [-0.1, -0.05) is 6.08 Å². The van der Waals surface area contributed by atoms with Crippen LogP contribution >= 0.6 is 0 Å². The fourth-order valence-electron chi connectivity index (χ4n) is 1.03. The largest absolute Gasteiger partial charge is 0.390 e. The van der Waals surface area contributed by atoms with E-state index in [0.717, 1.165) is 0 Å². The van der Waals surface area contributed by atoms with E-state index in [9.17, 15) is 5.11 Å². The van der Waals surface area contributed by atoms with Gasteiger partial charge in [0.2, 0.25) is 0 Å². The average molecular weight is 144 g/mol. The van der Waals surface area contributed by atoms with Crippen LogP contribution in [0.3, 0.4) is 0 Å². The first-order valence-corrected chi connectivity index (χ1v) is 3.38. The van der Waals surface area contributed by atoms with Crippen molar-refractivity contribution in [2.45, 2.75) is 31.3 Å². The molecule has 1 fully saturated rings. The van der Waals surface area contributed by atoms with Crippen LogP contribution < -0.4 is 0 Å². The molecule has 0 bridgehead atoms. The van der Waals surface area contributed by atoms with Gasteiger partial charge in [-0.25, -0.2) is 0 Å². The van der Waals surface area contributed by atoms with Gasteiger partial charge < -0.3 is 14.9 Å². The van der Waals surface area contributed by atoms with Crippen LogP contribution in [-0.2, 0) is 4.74 Å². The Morgan fingerprint density at radius 2 is 2.10 bits per heavy atom. The van der Waals surface area contributed by atoms with Crippen LogP contribution in [0.5, 0.6) is 0 Å². The van der Waals surface area contributed by atoms with Gasteiger partial charge in [0.15, 0.2) is 6.29 Å². The Balaban J connectivity index is 2.45. The second kappa shape index (κ2) is 3.14. The molecule has 0 aromatic heterocycles. The molecule has 0 amide bonds. The van der Waals surface area contributed by atoms with E-state index in [4.69, 9.17) is 9.84 Å². The second-order valence-electron chi connectivity index (χ2n) is 2.44. The molecule has 3 heteroatoms. The van der Waals surface area contributed by atoms with Gasteiger partial charge >= 0.3 is 0 Å². The quantitative estimate of drug-likeness (QED) is 0.510. The van der Waals surface area contributed by atoms with Crippen LogP contribution in [0.1, 0.15) is 12.8 Å². The van der Waals surface area contributed by atoms with E-state index in [1.807, 2.05) is 0 Å². The molecule has 3 atom stereocenters. The maximum atomic E-state index is 9.18. The SMILES string of the molecule is C=C[C@@H]1OC(O)CC[C@H]1O. The van der Waals surface area contributed by atoms with E-state index in [2.05, 4.69) is 6.58 Å². The Morgan fingerprint density at radius 1 is 1.40 bits per heavy atom. The number of hydrogen-bond donors (Lipinski definition) is 2. The van der Waals surface area contributed by atoms with Gasteiger partial charge in [-0.2, -0.15) is 0 Å². The fourth-order valence-corrected chi connectivity index (χ4v) is 1.03. The highest BCUT2D eigenvalue weighted by Crippen LogP contribution is 2.18. The zero-order valence-electron chi connectivity index (χ0n) is 5.73. The zero-order valence-corrected chi connectivity index (χ0v) is 5.73. The van der Waals surface area contributed by atoms with Crippen molar-refractivity contribution >= 4 is 0 Å². The first-order valence-electron chi connectivity index (χ1n) is 3.38. The zero-order chi connectivity index (χ0) is 7.56. The Morgan fingerprint density at radius 3 is 2.60 bits per heavy atom. The highest BCUT2D eigenvalue weighted by Gasteiger charge is 2.25. The smallest absolute Gasteiger partial charge is 0.155 e. The maximum Gasteiger partial charge on any atom is 0.155 e. The predicted molar refractivity (Wildman–Crippen MR) is 36.3 cm³/mol. The first-order chi connectivity index (χ1) is 4.74. The van der Waals surface area contributed by atoms with E-state index in [0.29, 0.717) is 12.8 Å². The summed E-state index contributed by atoms with van der Waals surface area (Å²) in [7, 11) is 0. The molecular weight excluding hydrogens is 132 g/mol. The van der Waals surface area contributed by atoms with Crippen molar-refractivity contribution in [2.75, 3.05) is 0 Å². The van der Waals surface area contributed by atoms with Crippen LogP contribution in [0.15, 0.2) is 12.7 Å². The second-order valence-corrected chi connectivity index (χ2v) is 2.44. The van der Waals surface area contributed by atoms with Crippen molar-refractivity contribution in [3.63, 3.8) is 0 Å². The Hall–Kier alpha value is -0.380. The molecule has 3 nitrogen and oxygen atoms in total. The van der Waals surface area contributed by atoms with E-state index in [1.54, 1.807) is 0 Å². The molecule has 1 aliphatic heterocycles. The predicted octanol–water partition coefficient (Wildman–Crippen LogP) is 0.0307. The minimum atomic E-state index is -0.730. The molecule has 10 heavy (non-hydrogen) atoms. The molecule has 2 N–H and O–H groups in total. The minimum absolute atomic E-state index is 0.399. The summed E-state index contributed by atoms with van der Waals surface area (Å²) in [6, 6.07) is 0. The normalized spacial score (nSPS) is 41.2. The van der Waals surface area contributed by atoms with Crippen molar-refractivity contribution in [1.82, 2.24) is 0 Å². The third-order valence-electron chi connectivity index (χ3n) is 1.64. The van der Waals surface area contributed by atoms with Crippen LogP contribution in [0.25, 0.3) is 0 Å². The van der Waals surface area contributed by atoms with Crippen molar-refractivity contribution < 1.29 is 14.9 Å². The van der Waals surface area contributed by atoms with Crippen LogP contribution in [0, 0.1) is 0 Å². The lowest BCUT2D eigenvalue weighted by Crippen LogP contribution is -2.37. The molecule has 1 heterocycles. The average Bonchev–Trinajstić information content (AvgIpc) is 1.94. The molecule has 1 unspecified atom stereocenters. The van der Waals surface area contributed by atoms with Gasteiger partial charge in [0.05, 0.1) is 6.10 Å². The highest BCUT2D eigenvalue weighted by atomic mass is 16.6. The number of ether oxygens (including phenoxy) is 1. The Kier molecular flexibility index (Phi) is 2.43. The van der Waals surface area contributed by atoms with Crippen molar-refractivity contribution in [3.05, 3.63) is 12.7 Å². The van der Waals surface area contributed by atoms with Crippen LogP contribution in [0.4, 0.5) is 0 Å². The summed E-state index contributed by atoms with van der Waals surface area (Å²) in [5, 5.41) is 18.1. The summed E-state index contributed by atoms with van der Waals surface area (Å²) in [6.45, 7) is 3.47. The van der Waals surface area contributed by atoms with E-state index < -0.39 is 18.5 Å². The molecule has 0 spiro atoms. The van der Waals surface area contributed by atoms with Gasteiger partial charge in [-0.15, -0.1) is 6.58 Å². The number of aliphatic hydroxyl groups is 2. The number of aliphatic hydroxyl groups excluding tert-OH is 2. The number of rotatable bonds is 1. The summed E-state index contributed by atoms with van der Waals surface area (Å²) < 4.78 is 4.94. The molecule has 0 radical (unpaired) electrons. The van der Waals surface area contributed by atoms with E-state index in [1.165, 1.54) is 6.08 Å². The molecule has 0 aromatic carbocycles. The Bertz CT molecular complexity index is 124. The summed E-state index contributed by atoms with van der Waals surface area (Å²) >= 11 is 0. The number of hydrogen-bond acceptors (Lipinski definition) is 3.